The van der Waals surface area contributed by atoms with Crippen molar-refractivity contribution >= 4 is 12.6 Å². The van der Waals surface area contributed by atoms with Gasteiger partial charge in [-0.05, 0) is 28.0 Å². The summed E-state index contributed by atoms with van der Waals surface area (Å²) in [6.07, 6.45) is 0. The second-order valence-electron chi connectivity index (χ2n) is 6.74. The molecule has 2 nitrogen and oxygen atoms in total. The Bertz CT molecular complexity index is 387. The Balaban J connectivity index is 0.000000711. The van der Waals surface area contributed by atoms with Gasteiger partial charge in [-0.25, -0.2) is 0 Å². The van der Waals surface area contributed by atoms with Crippen LogP contribution in [0.3, 0.4) is 0 Å². The minimum atomic E-state index is -0.00859. The van der Waals surface area contributed by atoms with Crippen LogP contribution in [0.15, 0.2) is 18.2 Å². The van der Waals surface area contributed by atoms with Gasteiger partial charge in [-0.1, -0.05) is 53.7 Å². The van der Waals surface area contributed by atoms with Crippen LogP contribution in [0.1, 0.15) is 52.7 Å². The lowest BCUT2D eigenvalue weighted by Crippen LogP contribution is -2.16. The lowest BCUT2D eigenvalue weighted by atomic mass is 9.80. The largest absolute Gasteiger partial charge is 0.508 e. The molecule has 0 aromatic heterocycles. The highest BCUT2D eigenvalue weighted by Crippen LogP contribution is 2.34. The van der Waals surface area contributed by atoms with E-state index < -0.39 is 0 Å². The summed E-state index contributed by atoms with van der Waals surface area (Å²) >= 11 is 3.80. The third-order valence-electron chi connectivity index (χ3n) is 2.80. The third kappa shape index (κ3) is 6.35. The number of hydrogen-bond acceptors (Lipinski definition) is 3. The molecule has 3 heteroatoms. The maximum Gasteiger partial charge on any atom is 0.119 e. The fourth-order valence-electron chi connectivity index (χ4n) is 1.60. The highest BCUT2D eigenvalue weighted by molar-refractivity contribution is 7.80. The Morgan fingerprint density at radius 2 is 1.53 bits per heavy atom. The van der Waals surface area contributed by atoms with Gasteiger partial charge < -0.3 is 10.8 Å². The zero-order valence-electron chi connectivity index (χ0n) is 13.1. The molecule has 0 bridgehead atoms. The van der Waals surface area contributed by atoms with Crippen LogP contribution in [0.2, 0.25) is 0 Å². The molecule has 0 atom stereocenters. The minimum absolute atomic E-state index is 0.00859. The van der Waals surface area contributed by atoms with E-state index in [2.05, 4.69) is 60.2 Å². The van der Waals surface area contributed by atoms with Gasteiger partial charge in [0.25, 0.3) is 0 Å². The maximum absolute atomic E-state index is 9.84. The standard InChI is InChI=1S/C14H22O.C2H7NS/c1-13(2,3)10-7-8-12(15)11(9-10)14(4,5)6;3-1-2-4/h7-9,15H,1-6H3;4H,1-3H2. The number of phenolic OH excluding ortho intramolecular Hbond substituents is 1. The van der Waals surface area contributed by atoms with Gasteiger partial charge in [-0.2, -0.15) is 12.6 Å². The van der Waals surface area contributed by atoms with Crippen LogP contribution in [0.25, 0.3) is 0 Å². The molecule has 0 radical (unpaired) electrons. The first-order chi connectivity index (χ1) is 8.54. The topological polar surface area (TPSA) is 46.2 Å². The summed E-state index contributed by atoms with van der Waals surface area (Å²) in [5.74, 6) is 1.19. The van der Waals surface area contributed by atoms with Gasteiger partial charge in [-0.3, -0.25) is 0 Å². The molecule has 0 aliphatic heterocycles. The average molecular weight is 283 g/mol. The van der Waals surface area contributed by atoms with Crippen molar-refractivity contribution in [2.45, 2.75) is 52.4 Å². The Morgan fingerprint density at radius 3 is 1.84 bits per heavy atom. The van der Waals surface area contributed by atoms with Crippen molar-refractivity contribution in [1.29, 1.82) is 0 Å². The van der Waals surface area contributed by atoms with Crippen molar-refractivity contribution in [3.8, 4) is 5.75 Å². The molecule has 3 N–H and O–H groups in total. The van der Waals surface area contributed by atoms with Crippen molar-refractivity contribution in [1.82, 2.24) is 0 Å². The van der Waals surface area contributed by atoms with Crippen molar-refractivity contribution < 1.29 is 5.11 Å². The molecule has 0 fully saturated rings. The van der Waals surface area contributed by atoms with Crippen molar-refractivity contribution in [3.63, 3.8) is 0 Å². The Kier molecular flexibility index (Phi) is 6.95. The normalized spacial score (nSPS) is 11.8. The van der Waals surface area contributed by atoms with Crippen LogP contribution < -0.4 is 5.73 Å². The van der Waals surface area contributed by atoms with Crippen LogP contribution in [-0.4, -0.2) is 17.4 Å². The zero-order valence-corrected chi connectivity index (χ0v) is 14.0. The summed E-state index contributed by atoms with van der Waals surface area (Å²) in [6.45, 7) is 13.6. The Morgan fingerprint density at radius 1 is 1.05 bits per heavy atom. The van der Waals surface area contributed by atoms with Gasteiger partial charge in [0, 0.05) is 12.3 Å². The quantitative estimate of drug-likeness (QED) is 0.685. The fraction of sp³-hybridized carbons (Fsp3) is 0.625. The number of aromatic hydroxyl groups is 1. The number of benzene rings is 1. The number of rotatable bonds is 1. The van der Waals surface area contributed by atoms with E-state index in [-0.39, 0.29) is 10.8 Å². The summed E-state index contributed by atoms with van der Waals surface area (Å²) in [6, 6.07) is 5.93. The summed E-state index contributed by atoms with van der Waals surface area (Å²) in [5.41, 5.74) is 7.37. The summed E-state index contributed by atoms with van der Waals surface area (Å²) in [5, 5.41) is 9.84. The van der Waals surface area contributed by atoms with Crippen LogP contribution in [-0.2, 0) is 10.8 Å². The van der Waals surface area contributed by atoms with Gasteiger partial charge in [-0.15, -0.1) is 0 Å². The zero-order chi connectivity index (χ0) is 15.3. The molecule has 0 amide bonds. The van der Waals surface area contributed by atoms with E-state index in [4.69, 9.17) is 5.73 Å². The van der Waals surface area contributed by atoms with Crippen molar-refractivity contribution in [3.05, 3.63) is 29.3 Å². The van der Waals surface area contributed by atoms with Crippen LogP contribution in [0.4, 0.5) is 0 Å². The molecule has 110 valence electrons. The number of phenols is 1. The molecule has 0 aliphatic rings. The van der Waals surface area contributed by atoms with E-state index in [1.807, 2.05) is 6.07 Å². The van der Waals surface area contributed by atoms with Gasteiger partial charge in [0.2, 0.25) is 0 Å². The smallest absolute Gasteiger partial charge is 0.119 e. The molecule has 1 rings (SSSR count). The van der Waals surface area contributed by atoms with Crippen LogP contribution in [0.5, 0.6) is 5.75 Å². The Labute approximate surface area is 123 Å². The molecule has 0 spiro atoms. The fourth-order valence-corrected chi connectivity index (χ4v) is 1.60. The molecule has 1 aromatic carbocycles. The molecule has 1 aromatic rings. The molecule has 19 heavy (non-hydrogen) atoms. The second-order valence-corrected chi connectivity index (χ2v) is 7.19. The third-order valence-corrected chi connectivity index (χ3v) is 3.06. The average Bonchev–Trinajstić information content (AvgIpc) is 2.27. The highest BCUT2D eigenvalue weighted by Gasteiger charge is 2.21. The first-order valence-corrected chi connectivity index (χ1v) is 7.32. The predicted octanol–water partition coefficient (Wildman–Crippen LogP) is 3.86. The molecular weight excluding hydrogens is 254 g/mol. The van der Waals surface area contributed by atoms with Crippen molar-refractivity contribution in [2.75, 3.05) is 12.3 Å². The molecule has 0 heterocycles. The first-order valence-electron chi connectivity index (χ1n) is 6.69. The van der Waals surface area contributed by atoms with Gasteiger partial charge >= 0.3 is 0 Å². The lowest BCUT2D eigenvalue weighted by molar-refractivity contribution is 0.444. The molecule has 0 saturated heterocycles. The van der Waals surface area contributed by atoms with Gasteiger partial charge in [0.05, 0.1) is 0 Å². The van der Waals surface area contributed by atoms with E-state index >= 15 is 0 Å². The Hall–Kier alpha value is -0.670. The summed E-state index contributed by atoms with van der Waals surface area (Å²) < 4.78 is 0. The van der Waals surface area contributed by atoms with E-state index in [1.54, 1.807) is 6.07 Å². The monoisotopic (exact) mass is 283 g/mol. The summed E-state index contributed by atoms with van der Waals surface area (Å²) in [7, 11) is 0. The SMILES string of the molecule is CC(C)(C)c1ccc(O)c(C(C)(C)C)c1.NCCS. The minimum Gasteiger partial charge on any atom is -0.508 e. The molecule has 0 aliphatic carbocycles. The van der Waals surface area contributed by atoms with Gasteiger partial charge in [0.15, 0.2) is 0 Å². The molecule has 0 saturated carbocycles. The van der Waals surface area contributed by atoms with E-state index in [1.165, 1.54) is 5.56 Å². The maximum atomic E-state index is 9.84. The second kappa shape index (κ2) is 7.20. The van der Waals surface area contributed by atoms with E-state index in [0.717, 1.165) is 11.3 Å². The number of hydrogen-bond donors (Lipinski definition) is 3. The van der Waals surface area contributed by atoms with Gasteiger partial charge in [0.1, 0.15) is 5.75 Å². The predicted molar refractivity (Wildman–Crippen MR) is 88.4 cm³/mol. The highest BCUT2D eigenvalue weighted by atomic mass is 32.1. The number of nitrogens with two attached hydrogens (primary N) is 1. The first kappa shape index (κ1) is 18.3. The van der Waals surface area contributed by atoms with Crippen molar-refractivity contribution in [2.24, 2.45) is 5.73 Å². The summed E-state index contributed by atoms with van der Waals surface area (Å²) in [4.78, 5) is 0. The van der Waals surface area contributed by atoms with Crippen LogP contribution in [0, 0.1) is 0 Å². The lowest BCUT2D eigenvalue weighted by Gasteiger charge is -2.25. The van der Waals surface area contributed by atoms with E-state index in [9.17, 15) is 5.11 Å². The van der Waals surface area contributed by atoms with Crippen LogP contribution >= 0.6 is 12.6 Å². The van der Waals surface area contributed by atoms with E-state index in [0.29, 0.717) is 12.3 Å². The molecular formula is C16H29NOS. The number of thiol groups is 1. The molecule has 0 unspecified atom stereocenters.